The predicted octanol–water partition coefficient (Wildman–Crippen LogP) is 4.75. The van der Waals surface area contributed by atoms with E-state index in [4.69, 9.17) is 10.1 Å². The van der Waals surface area contributed by atoms with E-state index in [-0.39, 0.29) is 11.7 Å². The van der Waals surface area contributed by atoms with Gasteiger partial charge in [-0.15, -0.1) is 0 Å². The normalized spacial score (nSPS) is 16.3. The van der Waals surface area contributed by atoms with E-state index in [9.17, 15) is 9.18 Å². The number of amides is 1. The number of nitrogens with one attached hydrogen (secondary N) is 1. The van der Waals surface area contributed by atoms with Gasteiger partial charge in [-0.05, 0) is 69.6 Å². The third-order valence-electron chi connectivity index (χ3n) is 6.60. The molecule has 1 fully saturated rings. The average molecular weight is 458 g/mol. The van der Waals surface area contributed by atoms with Gasteiger partial charge in [0, 0.05) is 18.2 Å². The molecule has 3 heterocycles. The standard InChI is InChI=1S/C27H28FN5O/c1-18-16-23(27(34)29-14-13-21-12-7-15-32(21)2)30-26-24(18)25(19-8-4-3-5-9-19)31-33(26)22-11-6-10-20(28)17-22/h3-6,8-11,16-17,21H,7,12-15H2,1-2H3,(H,29,34). The van der Waals surface area contributed by atoms with E-state index in [1.165, 1.54) is 25.0 Å². The highest BCUT2D eigenvalue weighted by Crippen LogP contribution is 2.32. The molecule has 1 atom stereocenters. The van der Waals surface area contributed by atoms with E-state index in [1.807, 2.05) is 43.3 Å². The minimum absolute atomic E-state index is 0.209. The minimum Gasteiger partial charge on any atom is -0.351 e. The number of hydrogen-bond acceptors (Lipinski definition) is 4. The van der Waals surface area contributed by atoms with Crippen molar-refractivity contribution in [2.45, 2.75) is 32.2 Å². The highest BCUT2D eigenvalue weighted by Gasteiger charge is 2.22. The highest BCUT2D eigenvalue weighted by molar-refractivity contribution is 5.99. The van der Waals surface area contributed by atoms with Gasteiger partial charge in [0.1, 0.15) is 17.2 Å². The molecule has 2 aromatic heterocycles. The molecule has 4 aromatic rings. The van der Waals surface area contributed by atoms with Crippen LogP contribution >= 0.6 is 0 Å². The Morgan fingerprint density at radius 2 is 1.97 bits per heavy atom. The van der Waals surface area contributed by atoms with Crippen molar-refractivity contribution in [3.63, 3.8) is 0 Å². The fraction of sp³-hybridized carbons (Fsp3) is 0.296. The van der Waals surface area contributed by atoms with Gasteiger partial charge in [0.05, 0.1) is 11.1 Å². The molecule has 0 spiro atoms. The van der Waals surface area contributed by atoms with Crippen molar-refractivity contribution >= 4 is 16.9 Å². The number of fused-ring (bicyclic) bond motifs is 1. The topological polar surface area (TPSA) is 63.1 Å². The van der Waals surface area contributed by atoms with Gasteiger partial charge in [-0.2, -0.15) is 5.10 Å². The van der Waals surface area contributed by atoms with Crippen LogP contribution in [-0.4, -0.2) is 51.8 Å². The number of benzene rings is 2. The minimum atomic E-state index is -0.357. The van der Waals surface area contributed by atoms with Gasteiger partial charge in [0.25, 0.3) is 5.91 Å². The Bertz CT molecular complexity index is 1330. The van der Waals surface area contributed by atoms with Crippen molar-refractivity contribution in [3.8, 4) is 16.9 Å². The summed E-state index contributed by atoms with van der Waals surface area (Å²) in [7, 11) is 2.14. The molecule has 5 rings (SSSR count). The summed E-state index contributed by atoms with van der Waals surface area (Å²) in [6.07, 6.45) is 3.30. The van der Waals surface area contributed by atoms with Gasteiger partial charge in [-0.25, -0.2) is 14.1 Å². The molecular formula is C27H28FN5O. The Balaban J connectivity index is 1.52. The lowest BCUT2D eigenvalue weighted by Crippen LogP contribution is -2.32. The first-order chi connectivity index (χ1) is 16.5. The van der Waals surface area contributed by atoms with Crippen LogP contribution in [-0.2, 0) is 0 Å². The molecule has 1 aliphatic rings. The highest BCUT2D eigenvalue weighted by atomic mass is 19.1. The number of rotatable bonds is 6. The molecule has 1 unspecified atom stereocenters. The van der Waals surface area contributed by atoms with Gasteiger partial charge in [-0.3, -0.25) is 4.79 Å². The van der Waals surface area contributed by atoms with Crippen LogP contribution in [0.5, 0.6) is 0 Å². The van der Waals surface area contributed by atoms with Crippen LogP contribution in [0.1, 0.15) is 35.3 Å². The zero-order chi connectivity index (χ0) is 23.7. The van der Waals surface area contributed by atoms with E-state index in [1.54, 1.807) is 16.8 Å². The van der Waals surface area contributed by atoms with Gasteiger partial charge >= 0.3 is 0 Å². The van der Waals surface area contributed by atoms with Crippen LogP contribution in [0.3, 0.4) is 0 Å². The van der Waals surface area contributed by atoms with Crippen LogP contribution in [0.2, 0.25) is 0 Å². The second kappa shape index (κ2) is 9.35. The van der Waals surface area contributed by atoms with E-state index >= 15 is 0 Å². The van der Waals surface area contributed by atoms with Crippen molar-refractivity contribution < 1.29 is 9.18 Å². The summed E-state index contributed by atoms with van der Waals surface area (Å²) in [4.78, 5) is 20.1. The van der Waals surface area contributed by atoms with E-state index < -0.39 is 0 Å². The fourth-order valence-corrected chi connectivity index (χ4v) is 4.79. The fourth-order valence-electron chi connectivity index (χ4n) is 4.79. The largest absolute Gasteiger partial charge is 0.351 e. The van der Waals surface area contributed by atoms with Crippen LogP contribution in [0.4, 0.5) is 4.39 Å². The Kier molecular flexibility index (Phi) is 6.11. The molecule has 1 saturated heterocycles. The molecular weight excluding hydrogens is 429 g/mol. The van der Waals surface area contributed by atoms with E-state index in [0.29, 0.717) is 29.6 Å². The SMILES string of the molecule is Cc1cc(C(=O)NCCC2CCCN2C)nc2c1c(-c1ccccc1)nn2-c1cccc(F)c1. The van der Waals surface area contributed by atoms with Crippen molar-refractivity contribution in [3.05, 3.63) is 77.7 Å². The third kappa shape index (κ3) is 4.31. The zero-order valence-electron chi connectivity index (χ0n) is 19.5. The Hall–Kier alpha value is -3.58. The first-order valence-corrected chi connectivity index (χ1v) is 11.7. The van der Waals surface area contributed by atoms with E-state index in [2.05, 4.69) is 17.3 Å². The molecule has 174 valence electrons. The van der Waals surface area contributed by atoms with Crippen LogP contribution in [0, 0.1) is 12.7 Å². The molecule has 1 aliphatic heterocycles. The molecule has 7 heteroatoms. The lowest BCUT2D eigenvalue weighted by atomic mass is 10.1. The average Bonchev–Trinajstić information content (AvgIpc) is 3.43. The number of likely N-dealkylation sites (tertiary alicyclic amines) is 1. The molecule has 6 nitrogen and oxygen atoms in total. The summed E-state index contributed by atoms with van der Waals surface area (Å²) in [6, 6.07) is 18.4. The lowest BCUT2D eigenvalue weighted by molar-refractivity contribution is 0.0945. The second-order valence-corrected chi connectivity index (χ2v) is 8.95. The molecule has 1 N–H and O–H groups in total. The van der Waals surface area contributed by atoms with Crippen LogP contribution < -0.4 is 5.32 Å². The summed E-state index contributed by atoms with van der Waals surface area (Å²) in [5.41, 5.74) is 4.01. The van der Waals surface area contributed by atoms with Gasteiger partial charge in [-0.1, -0.05) is 36.4 Å². The van der Waals surface area contributed by atoms with Crippen molar-refractivity contribution in [1.82, 2.24) is 25.0 Å². The summed E-state index contributed by atoms with van der Waals surface area (Å²) in [5.74, 6) is -0.566. The first-order valence-electron chi connectivity index (χ1n) is 11.7. The zero-order valence-corrected chi connectivity index (χ0v) is 19.5. The van der Waals surface area contributed by atoms with Crippen molar-refractivity contribution in [1.29, 1.82) is 0 Å². The van der Waals surface area contributed by atoms with Gasteiger partial charge in [0.15, 0.2) is 5.65 Å². The van der Waals surface area contributed by atoms with Gasteiger partial charge in [0.2, 0.25) is 0 Å². The molecule has 0 saturated carbocycles. The predicted molar refractivity (Wildman–Crippen MR) is 132 cm³/mol. The number of aryl methyl sites for hydroxylation is 1. The third-order valence-corrected chi connectivity index (χ3v) is 6.60. The van der Waals surface area contributed by atoms with Gasteiger partial charge < -0.3 is 10.2 Å². The summed E-state index contributed by atoms with van der Waals surface area (Å²) >= 11 is 0. The molecule has 0 radical (unpaired) electrons. The number of hydrogen-bond donors (Lipinski definition) is 1. The molecule has 1 amide bonds. The monoisotopic (exact) mass is 457 g/mol. The van der Waals surface area contributed by atoms with E-state index in [0.717, 1.165) is 35.2 Å². The summed E-state index contributed by atoms with van der Waals surface area (Å²) < 4.78 is 15.7. The summed E-state index contributed by atoms with van der Waals surface area (Å²) in [5, 5.41) is 8.68. The molecule has 0 aliphatic carbocycles. The Morgan fingerprint density at radius 1 is 1.15 bits per heavy atom. The maximum absolute atomic E-state index is 14.0. The maximum Gasteiger partial charge on any atom is 0.269 e. The van der Waals surface area contributed by atoms with Crippen molar-refractivity contribution in [2.75, 3.05) is 20.1 Å². The van der Waals surface area contributed by atoms with Crippen LogP contribution in [0.15, 0.2) is 60.7 Å². The molecule has 0 bridgehead atoms. The number of carbonyl (C=O) groups is 1. The first kappa shape index (κ1) is 22.2. The second-order valence-electron chi connectivity index (χ2n) is 8.95. The molecule has 34 heavy (non-hydrogen) atoms. The number of aromatic nitrogens is 3. The Morgan fingerprint density at radius 3 is 2.71 bits per heavy atom. The smallest absolute Gasteiger partial charge is 0.269 e. The Labute approximate surface area is 198 Å². The summed E-state index contributed by atoms with van der Waals surface area (Å²) in [6.45, 7) is 3.67. The van der Waals surface area contributed by atoms with Crippen LogP contribution in [0.25, 0.3) is 28.0 Å². The maximum atomic E-state index is 14.0. The quantitative estimate of drug-likeness (QED) is 0.454. The lowest BCUT2D eigenvalue weighted by Gasteiger charge is -2.19. The number of carbonyl (C=O) groups excluding carboxylic acids is 1. The van der Waals surface area contributed by atoms with Crippen molar-refractivity contribution in [2.24, 2.45) is 0 Å². The number of nitrogens with zero attached hydrogens (tertiary/aromatic N) is 4. The molecule has 2 aromatic carbocycles. The number of halogens is 1. The number of pyridine rings is 1.